The standard InChI is InChI=1S/C11H15FN2O3/c1-7(6-16-2)17-10-4-3-8(12)5-9(10)11(13)14-15/h3-5,7,15H,6H2,1-2H3,(H2,13,14). The van der Waals surface area contributed by atoms with Crippen molar-refractivity contribution in [2.75, 3.05) is 13.7 Å². The summed E-state index contributed by atoms with van der Waals surface area (Å²) in [5.74, 6) is -0.353. The normalized spacial score (nSPS) is 13.5. The Morgan fingerprint density at radius 1 is 1.59 bits per heavy atom. The van der Waals surface area contributed by atoms with Gasteiger partial charge in [-0.15, -0.1) is 0 Å². The number of nitrogens with two attached hydrogens (primary N) is 1. The van der Waals surface area contributed by atoms with Crippen molar-refractivity contribution >= 4 is 5.84 Å². The van der Waals surface area contributed by atoms with Crippen LogP contribution in [0.3, 0.4) is 0 Å². The number of benzene rings is 1. The lowest BCUT2D eigenvalue weighted by Gasteiger charge is -2.16. The molecule has 0 saturated heterocycles. The molecular weight excluding hydrogens is 227 g/mol. The lowest BCUT2D eigenvalue weighted by molar-refractivity contribution is 0.0919. The zero-order valence-corrected chi connectivity index (χ0v) is 9.68. The van der Waals surface area contributed by atoms with Crippen LogP contribution in [0.2, 0.25) is 0 Å². The Morgan fingerprint density at radius 2 is 2.29 bits per heavy atom. The second kappa shape index (κ2) is 6.05. The summed E-state index contributed by atoms with van der Waals surface area (Å²) in [5, 5.41) is 11.4. The molecule has 0 aliphatic heterocycles. The lowest BCUT2D eigenvalue weighted by atomic mass is 10.2. The molecule has 0 aromatic heterocycles. The molecule has 1 unspecified atom stereocenters. The van der Waals surface area contributed by atoms with Gasteiger partial charge in [0, 0.05) is 7.11 Å². The van der Waals surface area contributed by atoms with Gasteiger partial charge >= 0.3 is 0 Å². The fourth-order valence-corrected chi connectivity index (χ4v) is 1.34. The van der Waals surface area contributed by atoms with E-state index >= 15 is 0 Å². The highest BCUT2D eigenvalue weighted by Crippen LogP contribution is 2.20. The van der Waals surface area contributed by atoms with Crippen LogP contribution in [0.4, 0.5) is 4.39 Å². The quantitative estimate of drug-likeness (QED) is 0.353. The van der Waals surface area contributed by atoms with Crippen LogP contribution in [0.1, 0.15) is 12.5 Å². The Hall–Kier alpha value is -1.82. The van der Waals surface area contributed by atoms with E-state index in [0.717, 1.165) is 6.07 Å². The molecule has 0 saturated carbocycles. The molecule has 0 fully saturated rings. The number of ether oxygens (including phenoxy) is 2. The van der Waals surface area contributed by atoms with Gasteiger partial charge in [-0.3, -0.25) is 0 Å². The monoisotopic (exact) mass is 242 g/mol. The van der Waals surface area contributed by atoms with Crippen LogP contribution in [0, 0.1) is 5.82 Å². The summed E-state index contributed by atoms with van der Waals surface area (Å²) in [5.41, 5.74) is 5.64. The molecule has 0 aliphatic carbocycles. The predicted molar refractivity (Wildman–Crippen MR) is 60.9 cm³/mol. The van der Waals surface area contributed by atoms with E-state index in [-0.39, 0.29) is 17.5 Å². The minimum absolute atomic E-state index is 0.204. The lowest BCUT2D eigenvalue weighted by Crippen LogP contribution is -2.21. The molecule has 94 valence electrons. The van der Waals surface area contributed by atoms with E-state index in [9.17, 15) is 4.39 Å². The summed E-state index contributed by atoms with van der Waals surface area (Å²) in [4.78, 5) is 0. The first kappa shape index (κ1) is 13.2. The predicted octanol–water partition coefficient (Wildman–Crippen LogP) is 1.33. The number of nitrogens with zero attached hydrogens (tertiary/aromatic N) is 1. The summed E-state index contributed by atoms with van der Waals surface area (Å²) in [6, 6.07) is 3.81. The van der Waals surface area contributed by atoms with Gasteiger partial charge in [-0.1, -0.05) is 5.16 Å². The maximum absolute atomic E-state index is 13.1. The highest BCUT2D eigenvalue weighted by molar-refractivity contribution is 5.99. The Kier molecular flexibility index (Phi) is 4.71. The third-order valence-corrected chi connectivity index (χ3v) is 2.05. The second-order valence-corrected chi connectivity index (χ2v) is 3.51. The molecule has 0 spiro atoms. The van der Waals surface area contributed by atoms with Crippen molar-refractivity contribution in [1.82, 2.24) is 0 Å². The van der Waals surface area contributed by atoms with E-state index in [4.69, 9.17) is 20.4 Å². The summed E-state index contributed by atoms with van der Waals surface area (Å²) < 4.78 is 23.5. The molecule has 3 N–H and O–H groups in total. The van der Waals surface area contributed by atoms with Crippen molar-refractivity contribution in [2.45, 2.75) is 13.0 Å². The van der Waals surface area contributed by atoms with Gasteiger partial charge in [0.1, 0.15) is 17.7 Å². The third kappa shape index (κ3) is 3.60. The van der Waals surface area contributed by atoms with Gasteiger partial charge in [-0.25, -0.2) is 4.39 Å². The van der Waals surface area contributed by atoms with Gasteiger partial charge in [0.25, 0.3) is 0 Å². The molecule has 1 rings (SSSR count). The Morgan fingerprint density at radius 3 is 2.88 bits per heavy atom. The molecule has 1 aromatic carbocycles. The first-order valence-corrected chi connectivity index (χ1v) is 5.01. The first-order valence-electron chi connectivity index (χ1n) is 5.01. The fourth-order valence-electron chi connectivity index (χ4n) is 1.34. The maximum atomic E-state index is 13.1. The highest BCUT2D eigenvalue weighted by Gasteiger charge is 2.12. The third-order valence-electron chi connectivity index (χ3n) is 2.05. The van der Waals surface area contributed by atoms with Gasteiger partial charge < -0.3 is 20.4 Å². The fraction of sp³-hybridized carbons (Fsp3) is 0.364. The number of amidine groups is 1. The smallest absolute Gasteiger partial charge is 0.173 e. The van der Waals surface area contributed by atoms with E-state index in [2.05, 4.69) is 5.16 Å². The first-order chi connectivity index (χ1) is 8.08. The second-order valence-electron chi connectivity index (χ2n) is 3.51. The molecule has 0 amide bonds. The molecule has 6 heteroatoms. The maximum Gasteiger partial charge on any atom is 0.173 e. The molecular formula is C11H15FN2O3. The number of oxime groups is 1. The minimum atomic E-state index is -0.488. The van der Waals surface area contributed by atoms with Gasteiger partial charge in [0.2, 0.25) is 0 Å². The van der Waals surface area contributed by atoms with Crippen LogP contribution in [0.5, 0.6) is 5.75 Å². The zero-order valence-electron chi connectivity index (χ0n) is 9.68. The number of hydrogen-bond donors (Lipinski definition) is 2. The van der Waals surface area contributed by atoms with Gasteiger partial charge in [-0.2, -0.15) is 0 Å². The van der Waals surface area contributed by atoms with Crippen molar-refractivity contribution in [3.8, 4) is 5.75 Å². The van der Waals surface area contributed by atoms with Gasteiger partial charge in [0.15, 0.2) is 5.84 Å². The van der Waals surface area contributed by atoms with Crippen molar-refractivity contribution in [1.29, 1.82) is 0 Å². The van der Waals surface area contributed by atoms with Gasteiger partial charge in [0.05, 0.1) is 12.2 Å². The summed E-state index contributed by atoms with van der Waals surface area (Å²) in [7, 11) is 1.55. The van der Waals surface area contributed by atoms with Gasteiger partial charge in [-0.05, 0) is 25.1 Å². The highest BCUT2D eigenvalue weighted by atomic mass is 19.1. The SMILES string of the molecule is COCC(C)Oc1ccc(F)cc1C(N)=NO. The summed E-state index contributed by atoms with van der Waals surface area (Å²) >= 11 is 0. The molecule has 0 bridgehead atoms. The molecule has 1 atom stereocenters. The van der Waals surface area contributed by atoms with Crippen LogP contribution in [0.15, 0.2) is 23.4 Å². The Bertz CT molecular complexity index is 410. The molecule has 17 heavy (non-hydrogen) atoms. The van der Waals surface area contributed by atoms with Crippen LogP contribution in [-0.2, 0) is 4.74 Å². The molecule has 5 nitrogen and oxygen atoms in total. The van der Waals surface area contributed by atoms with E-state index in [1.165, 1.54) is 12.1 Å². The van der Waals surface area contributed by atoms with E-state index in [1.54, 1.807) is 14.0 Å². The van der Waals surface area contributed by atoms with E-state index in [0.29, 0.717) is 12.4 Å². The molecule has 0 heterocycles. The van der Waals surface area contributed by atoms with Crippen molar-refractivity contribution in [3.63, 3.8) is 0 Å². The number of hydrogen-bond acceptors (Lipinski definition) is 4. The summed E-state index contributed by atoms with van der Waals surface area (Å²) in [6.45, 7) is 2.18. The average Bonchev–Trinajstić information content (AvgIpc) is 2.30. The topological polar surface area (TPSA) is 77.1 Å². The zero-order chi connectivity index (χ0) is 12.8. The minimum Gasteiger partial charge on any atom is -0.488 e. The van der Waals surface area contributed by atoms with Crippen LogP contribution < -0.4 is 10.5 Å². The Balaban J connectivity index is 2.98. The Labute approximate surface area is 98.6 Å². The van der Waals surface area contributed by atoms with Crippen LogP contribution in [-0.4, -0.2) is 30.9 Å². The summed E-state index contributed by atoms with van der Waals surface area (Å²) in [6.07, 6.45) is -0.226. The van der Waals surface area contributed by atoms with E-state index < -0.39 is 5.82 Å². The molecule has 0 radical (unpaired) electrons. The average molecular weight is 242 g/mol. The molecule has 1 aromatic rings. The van der Waals surface area contributed by atoms with Crippen LogP contribution >= 0.6 is 0 Å². The van der Waals surface area contributed by atoms with Crippen molar-refractivity contribution < 1.29 is 19.1 Å². The van der Waals surface area contributed by atoms with Crippen molar-refractivity contribution in [2.24, 2.45) is 10.9 Å². The number of rotatable bonds is 5. The number of methoxy groups -OCH3 is 1. The van der Waals surface area contributed by atoms with Crippen LogP contribution in [0.25, 0.3) is 0 Å². The molecule has 0 aliphatic rings. The van der Waals surface area contributed by atoms with Crippen molar-refractivity contribution in [3.05, 3.63) is 29.6 Å². The number of halogens is 1. The van der Waals surface area contributed by atoms with E-state index in [1.807, 2.05) is 0 Å². The largest absolute Gasteiger partial charge is 0.488 e.